The molecule has 13 heavy (non-hydrogen) atoms. The molecule has 1 rings (SSSR count). The van der Waals surface area contributed by atoms with Gasteiger partial charge in [0, 0.05) is 0 Å². The highest BCUT2D eigenvalue weighted by atomic mass is 127. The van der Waals surface area contributed by atoms with Crippen LogP contribution in [0.25, 0.3) is 0 Å². The zero-order valence-electron chi connectivity index (χ0n) is 7.24. The molecule has 0 saturated heterocycles. The Hall–Kier alpha value is -0.420. The number of hydrogen-bond donors (Lipinski definition) is 1. The quantitative estimate of drug-likeness (QED) is 0.675. The van der Waals surface area contributed by atoms with Crippen molar-refractivity contribution in [1.82, 2.24) is 0 Å². The molecule has 1 aromatic carbocycles. The number of benzene rings is 1. The summed E-state index contributed by atoms with van der Waals surface area (Å²) < 4.78 is 0.492. The van der Waals surface area contributed by atoms with E-state index in [1.165, 1.54) is 0 Å². The summed E-state index contributed by atoms with van der Waals surface area (Å²) in [7, 11) is 0. The van der Waals surface area contributed by atoms with Gasteiger partial charge in [0.2, 0.25) is 0 Å². The molecule has 70 valence electrons. The number of alkyl halides is 1. The zero-order chi connectivity index (χ0) is 9.68. The Morgan fingerprint density at radius 3 is 2.54 bits per heavy atom. The molecule has 0 aliphatic carbocycles. The second-order valence-electron chi connectivity index (χ2n) is 2.90. The maximum absolute atomic E-state index is 11.2. The minimum atomic E-state index is -0.348. The van der Waals surface area contributed by atoms with Gasteiger partial charge in [-0.1, -0.05) is 52.9 Å². The number of ketones is 1. The minimum absolute atomic E-state index is 0.115. The van der Waals surface area contributed by atoms with Gasteiger partial charge in [-0.2, -0.15) is 0 Å². The Labute approximate surface area is 91.7 Å². The number of nitrogens with two attached hydrogens (primary N) is 1. The van der Waals surface area contributed by atoms with Crippen molar-refractivity contribution >= 4 is 28.4 Å². The van der Waals surface area contributed by atoms with E-state index >= 15 is 0 Å². The molecule has 1 atom stereocenters. The van der Waals surface area contributed by atoms with E-state index in [-0.39, 0.29) is 11.8 Å². The van der Waals surface area contributed by atoms with Gasteiger partial charge in [-0.3, -0.25) is 4.79 Å². The molecule has 3 heteroatoms. The summed E-state index contributed by atoms with van der Waals surface area (Å²) in [5.41, 5.74) is 6.82. The van der Waals surface area contributed by atoms with Crippen LogP contribution in [0.4, 0.5) is 0 Å². The first-order chi connectivity index (χ1) is 6.24. The van der Waals surface area contributed by atoms with Crippen molar-refractivity contribution in [3.8, 4) is 0 Å². The largest absolute Gasteiger partial charge is 0.321 e. The first-order valence-corrected chi connectivity index (χ1v) is 5.65. The maximum Gasteiger partial charge on any atom is 0.159 e. The highest BCUT2D eigenvalue weighted by Crippen LogP contribution is 2.03. The topological polar surface area (TPSA) is 43.1 Å². The van der Waals surface area contributed by atoms with E-state index in [9.17, 15) is 4.79 Å². The molecule has 0 radical (unpaired) electrons. The summed E-state index contributed by atoms with van der Waals surface area (Å²) in [6.07, 6.45) is 0.642. The SMILES string of the molecule is N[C@@H](Cc1ccccc1)C(=O)CI. The third-order valence-corrected chi connectivity index (χ3v) is 2.60. The predicted molar refractivity (Wildman–Crippen MR) is 62.0 cm³/mol. The van der Waals surface area contributed by atoms with Gasteiger partial charge in [-0.05, 0) is 12.0 Å². The van der Waals surface area contributed by atoms with Crippen LogP contribution >= 0.6 is 22.6 Å². The molecule has 0 bridgehead atoms. The van der Waals surface area contributed by atoms with E-state index in [1.54, 1.807) is 0 Å². The lowest BCUT2D eigenvalue weighted by Gasteiger charge is -2.07. The van der Waals surface area contributed by atoms with Crippen molar-refractivity contribution in [2.75, 3.05) is 4.43 Å². The standard InChI is InChI=1S/C10H12INO/c11-7-10(13)9(12)6-8-4-2-1-3-5-8/h1-5,9H,6-7,12H2/t9-/m0/s1. The molecule has 2 nitrogen and oxygen atoms in total. The fourth-order valence-corrected chi connectivity index (χ4v) is 1.65. The monoisotopic (exact) mass is 289 g/mol. The molecule has 2 N–H and O–H groups in total. The van der Waals surface area contributed by atoms with Crippen LogP contribution in [0, 0.1) is 0 Å². The third-order valence-electron chi connectivity index (χ3n) is 1.84. The molecule has 0 aliphatic rings. The summed E-state index contributed by atoms with van der Waals surface area (Å²) in [6.45, 7) is 0. The van der Waals surface area contributed by atoms with Crippen LogP contribution < -0.4 is 5.73 Å². The molecule has 0 aliphatic heterocycles. The summed E-state index contributed by atoms with van der Waals surface area (Å²) in [5, 5.41) is 0. The first kappa shape index (κ1) is 10.7. The van der Waals surface area contributed by atoms with Gasteiger partial charge in [-0.15, -0.1) is 0 Å². The van der Waals surface area contributed by atoms with E-state index in [2.05, 4.69) is 0 Å². The van der Waals surface area contributed by atoms with Crippen LogP contribution in [0.3, 0.4) is 0 Å². The lowest BCUT2D eigenvalue weighted by molar-refractivity contribution is -0.117. The van der Waals surface area contributed by atoms with Crippen molar-refractivity contribution in [3.05, 3.63) is 35.9 Å². The van der Waals surface area contributed by atoms with Crippen molar-refractivity contribution in [3.63, 3.8) is 0 Å². The van der Waals surface area contributed by atoms with Crippen molar-refractivity contribution < 1.29 is 4.79 Å². The third kappa shape index (κ3) is 3.44. The predicted octanol–water partition coefficient (Wildman–Crippen LogP) is 1.56. The van der Waals surface area contributed by atoms with Crippen LogP contribution in [0.1, 0.15) is 5.56 Å². The number of hydrogen-bond acceptors (Lipinski definition) is 2. The maximum atomic E-state index is 11.2. The molecule has 0 saturated carbocycles. The van der Waals surface area contributed by atoms with Crippen LogP contribution in [0.2, 0.25) is 0 Å². The second-order valence-corrected chi connectivity index (χ2v) is 3.66. The molecule has 0 amide bonds. The van der Waals surface area contributed by atoms with Gasteiger partial charge in [0.15, 0.2) is 5.78 Å². The molecular formula is C10H12INO. The fraction of sp³-hybridized carbons (Fsp3) is 0.300. The van der Waals surface area contributed by atoms with Gasteiger partial charge in [0.25, 0.3) is 0 Å². The second kappa shape index (κ2) is 5.34. The van der Waals surface area contributed by atoms with Crippen LogP contribution in [0.5, 0.6) is 0 Å². The Bertz CT molecular complexity index is 274. The average molecular weight is 289 g/mol. The van der Waals surface area contributed by atoms with E-state index in [0.29, 0.717) is 10.8 Å². The number of Topliss-reactive ketones (excluding diaryl/α,β-unsaturated/α-hetero) is 1. The zero-order valence-corrected chi connectivity index (χ0v) is 9.40. The van der Waals surface area contributed by atoms with Gasteiger partial charge < -0.3 is 5.73 Å². The van der Waals surface area contributed by atoms with Gasteiger partial charge in [-0.25, -0.2) is 0 Å². The lowest BCUT2D eigenvalue weighted by Crippen LogP contribution is -2.33. The normalized spacial score (nSPS) is 12.5. The Kier molecular flexibility index (Phi) is 4.38. The Morgan fingerprint density at radius 1 is 1.38 bits per heavy atom. The first-order valence-electron chi connectivity index (χ1n) is 4.12. The minimum Gasteiger partial charge on any atom is -0.321 e. The molecular weight excluding hydrogens is 277 g/mol. The highest BCUT2D eigenvalue weighted by molar-refractivity contribution is 14.1. The van der Waals surface area contributed by atoms with Gasteiger partial charge in [0.1, 0.15) is 0 Å². The van der Waals surface area contributed by atoms with Gasteiger partial charge in [0.05, 0.1) is 10.5 Å². The fourth-order valence-electron chi connectivity index (χ4n) is 1.08. The number of carbonyl (C=O) groups is 1. The Morgan fingerprint density at radius 2 is 2.00 bits per heavy atom. The van der Waals surface area contributed by atoms with Crippen LogP contribution in [-0.4, -0.2) is 16.3 Å². The molecule has 0 unspecified atom stereocenters. The van der Waals surface area contributed by atoms with E-state index < -0.39 is 0 Å². The molecule has 0 spiro atoms. The van der Waals surface area contributed by atoms with Crippen molar-refractivity contribution in [2.45, 2.75) is 12.5 Å². The number of halogens is 1. The van der Waals surface area contributed by atoms with Crippen LogP contribution in [-0.2, 0) is 11.2 Å². The average Bonchev–Trinajstić information content (AvgIpc) is 2.18. The number of carbonyl (C=O) groups excluding carboxylic acids is 1. The number of rotatable bonds is 4. The molecule has 0 aromatic heterocycles. The molecule has 1 aromatic rings. The van der Waals surface area contributed by atoms with Crippen molar-refractivity contribution in [1.29, 1.82) is 0 Å². The Balaban J connectivity index is 2.55. The smallest absolute Gasteiger partial charge is 0.159 e. The lowest BCUT2D eigenvalue weighted by atomic mass is 10.0. The van der Waals surface area contributed by atoms with E-state index in [0.717, 1.165) is 5.56 Å². The van der Waals surface area contributed by atoms with Crippen LogP contribution in [0.15, 0.2) is 30.3 Å². The van der Waals surface area contributed by atoms with Crippen molar-refractivity contribution in [2.24, 2.45) is 5.73 Å². The highest BCUT2D eigenvalue weighted by Gasteiger charge is 2.11. The van der Waals surface area contributed by atoms with Gasteiger partial charge >= 0.3 is 0 Å². The summed E-state index contributed by atoms with van der Waals surface area (Å²) in [6, 6.07) is 9.49. The molecule has 0 fully saturated rings. The summed E-state index contributed by atoms with van der Waals surface area (Å²) >= 11 is 2.04. The molecule has 0 heterocycles. The van der Waals surface area contributed by atoms with E-state index in [1.807, 2.05) is 52.9 Å². The summed E-state index contributed by atoms with van der Waals surface area (Å²) in [4.78, 5) is 11.2. The van der Waals surface area contributed by atoms with E-state index in [4.69, 9.17) is 5.73 Å². The summed E-state index contributed by atoms with van der Waals surface area (Å²) in [5.74, 6) is 0.115.